The summed E-state index contributed by atoms with van der Waals surface area (Å²) in [6.45, 7) is 2.00. The summed E-state index contributed by atoms with van der Waals surface area (Å²) >= 11 is 0. The summed E-state index contributed by atoms with van der Waals surface area (Å²) in [4.78, 5) is 11.5. The van der Waals surface area contributed by atoms with Gasteiger partial charge in [-0.15, -0.1) is 0 Å². The quantitative estimate of drug-likeness (QED) is 0.669. The molecular weight excluding hydrogens is 208 g/mol. The second kappa shape index (κ2) is 5.39. The molecule has 0 spiro atoms. The Morgan fingerprint density at radius 3 is 2.50 bits per heavy atom. The van der Waals surface area contributed by atoms with Crippen molar-refractivity contribution in [2.45, 2.75) is 32.6 Å². The molecule has 0 bridgehead atoms. The monoisotopic (exact) mass is 224 g/mol. The van der Waals surface area contributed by atoms with Crippen LogP contribution in [0.1, 0.15) is 31.7 Å². The number of hydrogen-bond donors (Lipinski definition) is 3. The third-order valence-corrected chi connectivity index (χ3v) is 2.41. The van der Waals surface area contributed by atoms with Crippen molar-refractivity contribution in [1.82, 2.24) is 0 Å². The third kappa shape index (κ3) is 2.89. The van der Waals surface area contributed by atoms with E-state index in [1.807, 2.05) is 6.92 Å². The SMILES string of the molecule is CCCCC(=O)Cc1ccc(O)c(O)c1O. The molecule has 0 amide bonds. The van der Waals surface area contributed by atoms with Crippen molar-refractivity contribution in [3.8, 4) is 17.2 Å². The maximum atomic E-state index is 11.5. The molecule has 0 atom stereocenters. The molecule has 1 aromatic carbocycles. The summed E-state index contributed by atoms with van der Waals surface area (Å²) in [7, 11) is 0. The van der Waals surface area contributed by atoms with Crippen LogP contribution in [0.4, 0.5) is 0 Å². The molecule has 0 heterocycles. The van der Waals surface area contributed by atoms with E-state index >= 15 is 0 Å². The van der Waals surface area contributed by atoms with Crippen molar-refractivity contribution in [3.05, 3.63) is 17.7 Å². The molecule has 1 rings (SSSR count). The summed E-state index contributed by atoms with van der Waals surface area (Å²) in [5, 5.41) is 27.9. The van der Waals surface area contributed by atoms with Crippen LogP contribution >= 0.6 is 0 Å². The number of phenolic OH excluding ortho intramolecular Hbond substituents is 3. The second-order valence-corrected chi connectivity index (χ2v) is 3.76. The van der Waals surface area contributed by atoms with Crippen LogP contribution in [0.5, 0.6) is 17.2 Å². The van der Waals surface area contributed by atoms with Crippen LogP contribution in [0, 0.1) is 0 Å². The summed E-state index contributed by atoms with van der Waals surface area (Å²) in [6, 6.07) is 2.70. The van der Waals surface area contributed by atoms with E-state index in [9.17, 15) is 15.0 Å². The average molecular weight is 224 g/mol. The number of Topliss-reactive ketones (excluding diaryl/α,β-unsaturated/α-hetero) is 1. The topological polar surface area (TPSA) is 77.8 Å². The van der Waals surface area contributed by atoms with Gasteiger partial charge >= 0.3 is 0 Å². The smallest absolute Gasteiger partial charge is 0.200 e. The van der Waals surface area contributed by atoms with E-state index < -0.39 is 11.5 Å². The van der Waals surface area contributed by atoms with Gasteiger partial charge in [-0.1, -0.05) is 19.4 Å². The Balaban J connectivity index is 2.74. The van der Waals surface area contributed by atoms with E-state index in [4.69, 9.17) is 5.11 Å². The number of unbranched alkanes of at least 4 members (excludes halogenated alkanes) is 1. The van der Waals surface area contributed by atoms with E-state index in [1.165, 1.54) is 12.1 Å². The second-order valence-electron chi connectivity index (χ2n) is 3.76. The van der Waals surface area contributed by atoms with Crippen molar-refractivity contribution < 1.29 is 20.1 Å². The van der Waals surface area contributed by atoms with Gasteiger partial charge in [0.05, 0.1) is 0 Å². The minimum atomic E-state index is -0.569. The van der Waals surface area contributed by atoms with Gasteiger partial charge in [-0.2, -0.15) is 0 Å². The van der Waals surface area contributed by atoms with Crippen LogP contribution in [-0.2, 0) is 11.2 Å². The first-order valence-electron chi connectivity index (χ1n) is 5.30. The van der Waals surface area contributed by atoms with Gasteiger partial charge in [-0.25, -0.2) is 0 Å². The number of carbonyl (C=O) groups excluding carboxylic acids is 1. The van der Waals surface area contributed by atoms with Gasteiger partial charge < -0.3 is 15.3 Å². The lowest BCUT2D eigenvalue weighted by atomic mass is 10.0. The number of rotatable bonds is 5. The maximum Gasteiger partial charge on any atom is 0.200 e. The normalized spacial score (nSPS) is 10.3. The lowest BCUT2D eigenvalue weighted by Crippen LogP contribution is -2.02. The zero-order chi connectivity index (χ0) is 12.1. The largest absolute Gasteiger partial charge is 0.504 e. The molecule has 1 aromatic rings. The summed E-state index contributed by atoms with van der Waals surface area (Å²) < 4.78 is 0. The lowest BCUT2D eigenvalue weighted by Gasteiger charge is -2.06. The van der Waals surface area contributed by atoms with Gasteiger partial charge in [0.25, 0.3) is 0 Å². The zero-order valence-corrected chi connectivity index (χ0v) is 9.23. The van der Waals surface area contributed by atoms with Gasteiger partial charge in [0.15, 0.2) is 11.5 Å². The van der Waals surface area contributed by atoms with Crippen LogP contribution in [0.25, 0.3) is 0 Å². The van der Waals surface area contributed by atoms with E-state index in [-0.39, 0.29) is 18.0 Å². The van der Waals surface area contributed by atoms with Crippen LogP contribution in [0.3, 0.4) is 0 Å². The van der Waals surface area contributed by atoms with Crippen molar-refractivity contribution in [2.75, 3.05) is 0 Å². The maximum absolute atomic E-state index is 11.5. The summed E-state index contributed by atoms with van der Waals surface area (Å²) in [5.41, 5.74) is 0.344. The number of hydrogen-bond acceptors (Lipinski definition) is 4. The fourth-order valence-electron chi connectivity index (χ4n) is 1.43. The first kappa shape index (κ1) is 12.4. The standard InChI is InChI=1S/C12H16O4/c1-2-3-4-9(13)7-8-5-6-10(14)12(16)11(8)15/h5-6,14-16H,2-4,7H2,1H3. The Bertz CT molecular complexity index is 385. The summed E-state index contributed by atoms with van der Waals surface area (Å²) in [5.74, 6) is -1.35. The molecule has 0 aliphatic rings. The molecule has 0 radical (unpaired) electrons. The van der Waals surface area contributed by atoms with Crippen molar-refractivity contribution in [2.24, 2.45) is 0 Å². The van der Waals surface area contributed by atoms with Crippen LogP contribution in [-0.4, -0.2) is 21.1 Å². The Hall–Kier alpha value is -1.71. The van der Waals surface area contributed by atoms with E-state index in [0.717, 1.165) is 12.8 Å². The third-order valence-electron chi connectivity index (χ3n) is 2.41. The minimum absolute atomic E-state index is 0.0160. The first-order chi connectivity index (χ1) is 7.56. The van der Waals surface area contributed by atoms with E-state index in [2.05, 4.69) is 0 Å². The molecule has 0 aliphatic carbocycles. The molecule has 3 N–H and O–H groups in total. The lowest BCUT2D eigenvalue weighted by molar-refractivity contribution is -0.118. The number of benzene rings is 1. The van der Waals surface area contributed by atoms with Gasteiger partial charge in [0, 0.05) is 18.4 Å². The zero-order valence-electron chi connectivity index (χ0n) is 9.23. The van der Waals surface area contributed by atoms with Crippen molar-refractivity contribution >= 4 is 5.78 Å². The summed E-state index contributed by atoms with van der Waals surface area (Å²) in [6.07, 6.45) is 2.32. The molecule has 0 aromatic heterocycles. The molecule has 0 fully saturated rings. The van der Waals surface area contributed by atoms with Gasteiger partial charge in [0.1, 0.15) is 5.78 Å². The minimum Gasteiger partial charge on any atom is -0.504 e. The average Bonchev–Trinajstić information content (AvgIpc) is 2.27. The number of aromatic hydroxyl groups is 3. The van der Waals surface area contributed by atoms with Gasteiger partial charge in [-0.3, -0.25) is 4.79 Å². The van der Waals surface area contributed by atoms with Crippen LogP contribution < -0.4 is 0 Å². The van der Waals surface area contributed by atoms with E-state index in [0.29, 0.717) is 12.0 Å². The van der Waals surface area contributed by atoms with E-state index in [1.54, 1.807) is 0 Å². The Morgan fingerprint density at radius 2 is 1.88 bits per heavy atom. The molecule has 0 aliphatic heterocycles. The molecule has 4 heteroatoms. The Morgan fingerprint density at radius 1 is 1.19 bits per heavy atom. The molecule has 0 saturated carbocycles. The number of carbonyl (C=O) groups is 1. The predicted octanol–water partition coefficient (Wildman–Crippen LogP) is 2.11. The fraction of sp³-hybridized carbons (Fsp3) is 0.417. The highest BCUT2D eigenvalue weighted by molar-refractivity contribution is 5.82. The molecule has 88 valence electrons. The first-order valence-corrected chi connectivity index (χ1v) is 5.30. The van der Waals surface area contributed by atoms with Crippen LogP contribution in [0.2, 0.25) is 0 Å². The molecule has 0 unspecified atom stereocenters. The highest BCUT2D eigenvalue weighted by atomic mass is 16.3. The Labute approximate surface area is 94.2 Å². The Kier molecular flexibility index (Phi) is 4.17. The number of ketones is 1. The fourth-order valence-corrected chi connectivity index (χ4v) is 1.43. The highest BCUT2D eigenvalue weighted by Gasteiger charge is 2.13. The predicted molar refractivity (Wildman–Crippen MR) is 59.7 cm³/mol. The highest BCUT2D eigenvalue weighted by Crippen LogP contribution is 2.37. The van der Waals surface area contributed by atoms with Gasteiger partial charge in [-0.05, 0) is 12.5 Å². The molecule has 4 nitrogen and oxygen atoms in total. The molecular formula is C12H16O4. The number of phenols is 3. The van der Waals surface area contributed by atoms with Crippen LogP contribution in [0.15, 0.2) is 12.1 Å². The molecule has 0 saturated heterocycles. The van der Waals surface area contributed by atoms with Crippen molar-refractivity contribution in [3.63, 3.8) is 0 Å². The van der Waals surface area contributed by atoms with Gasteiger partial charge in [0.2, 0.25) is 5.75 Å². The molecule has 16 heavy (non-hydrogen) atoms. The van der Waals surface area contributed by atoms with Crippen molar-refractivity contribution in [1.29, 1.82) is 0 Å².